The Morgan fingerprint density at radius 2 is 2.08 bits per heavy atom. The Kier molecular flexibility index (Phi) is 4.54. The smallest absolute Gasteiger partial charge is 0.277 e. The fraction of sp³-hybridized carbons (Fsp3) is 0.438. The molecule has 0 bridgehead atoms. The van der Waals surface area contributed by atoms with E-state index >= 15 is 0 Å². The molecule has 1 fully saturated rings. The molecule has 8 heteroatoms. The lowest BCUT2D eigenvalue weighted by Crippen LogP contribution is -2.43. The summed E-state index contributed by atoms with van der Waals surface area (Å²) in [5, 5.41) is 8.41. The van der Waals surface area contributed by atoms with Crippen LogP contribution in [0, 0.1) is 0 Å². The number of carbonyl (C=O) groups excluding carboxylic acids is 2. The Labute approximate surface area is 138 Å². The van der Waals surface area contributed by atoms with Crippen LogP contribution in [0.3, 0.4) is 0 Å². The molecular weight excluding hydrogens is 310 g/mol. The minimum absolute atomic E-state index is 0.113. The van der Waals surface area contributed by atoms with Gasteiger partial charge in [0.05, 0.1) is 5.39 Å². The third-order valence-electron chi connectivity index (χ3n) is 4.29. The summed E-state index contributed by atoms with van der Waals surface area (Å²) in [5.41, 5.74) is 5.66. The van der Waals surface area contributed by atoms with Gasteiger partial charge in [0.25, 0.3) is 5.56 Å². The molecular formula is C16H19N5O3. The van der Waals surface area contributed by atoms with Crippen LogP contribution >= 0.6 is 0 Å². The van der Waals surface area contributed by atoms with E-state index < -0.39 is 11.9 Å². The van der Waals surface area contributed by atoms with Crippen molar-refractivity contribution in [2.75, 3.05) is 6.54 Å². The van der Waals surface area contributed by atoms with Crippen molar-refractivity contribution in [1.82, 2.24) is 19.9 Å². The van der Waals surface area contributed by atoms with Crippen molar-refractivity contribution in [3.63, 3.8) is 0 Å². The van der Waals surface area contributed by atoms with Gasteiger partial charge >= 0.3 is 0 Å². The number of aromatic nitrogens is 3. The molecule has 24 heavy (non-hydrogen) atoms. The van der Waals surface area contributed by atoms with E-state index in [9.17, 15) is 14.4 Å². The van der Waals surface area contributed by atoms with Gasteiger partial charge in [0.2, 0.25) is 11.8 Å². The van der Waals surface area contributed by atoms with Crippen LogP contribution in [0.25, 0.3) is 10.9 Å². The highest BCUT2D eigenvalue weighted by atomic mass is 16.2. The summed E-state index contributed by atoms with van der Waals surface area (Å²) in [6.07, 6.45) is 2.10. The number of fused-ring (bicyclic) bond motifs is 1. The predicted molar refractivity (Wildman–Crippen MR) is 87.0 cm³/mol. The Bertz CT molecular complexity index is 832. The van der Waals surface area contributed by atoms with Gasteiger partial charge in [-0.1, -0.05) is 17.3 Å². The zero-order chi connectivity index (χ0) is 17.1. The van der Waals surface area contributed by atoms with Crippen molar-refractivity contribution in [3.05, 3.63) is 34.6 Å². The number of amides is 2. The number of primary amides is 1. The van der Waals surface area contributed by atoms with Crippen molar-refractivity contribution in [3.8, 4) is 0 Å². The minimum Gasteiger partial charge on any atom is -0.368 e. The molecule has 1 aromatic heterocycles. The van der Waals surface area contributed by atoms with E-state index in [0.29, 0.717) is 36.8 Å². The van der Waals surface area contributed by atoms with E-state index in [2.05, 4.69) is 10.3 Å². The Morgan fingerprint density at radius 3 is 2.88 bits per heavy atom. The third kappa shape index (κ3) is 3.12. The number of benzene rings is 1. The van der Waals surface area contributed by atoms with Crippen LogP contribution in [-0.4, -0.2) is 44.3 Å². The molecule has 1 aliphatic heterocycles. The maximum atomic E-state index is 12.3. The summed E-state index contributed by atoms with van der Waals surface area (Å²) < 4.78 is 1.27. The van der Waals surface area contributed by atoms with E-state index in [1.165, 1.54) is 9.58 Å². The molecule has 8 nitrogen and oxygen atoms in total. The number of likely N-dealkylation sites (tertiary alicyclic amines) is 1. The number of aryl methyl sites for hydroxylation is 1. The van der Waals surface area contributed by atoms with Crippen molar-refractivity contribution < 1.29 is 9.59 Å². The molecule has 0 saturated carbocycles. The van der Waals surface area contributed by atoms with Crippen molar-refractivity contribution in [1.29, 1.82) is 0 Å². The highest BCUT2D eigenvalue weighted by Crippen LogP contribution is 2.18. The molecule has 0 spiro atoms. The summed E-state index contributed by atoms with van der Waals surface area (Å²) in [4.78, 5) is 37.4. The molecule has 2 aromatic rings. The van der Waals surface area contributed by atoms with Crippen LogP contribution in [0.1, 0.15) is 25.7 Å². The largest absolute Gasteiger partial charge is 0.368 e. The van der Waals surface area contributed by atoms with Crippen molar-refractivity contribution >= 4 is 22.7 Å². The summed E-state index contributed by atoms with van der Waals surface area (Å²) in [5.74, 6) is -0.574. The zero-order valence-electron chi connectivity index (χ0n) is 13.2. The molecule has 2 heterocycles. The normalized spacial score (nSPS) is 17.3. The van der Waals surface area contributed by atoms with Gasteiger partial charge in [-0.15, -0.1) is 5.10 Å². The van der Waals surface area contributed by atoms with Crippen LogP contribution in [-0.2, 0) is 16.1 Å². The van der Waals surface area contributed by atoms with Gasteiger partial charge in [-0.3, -0.25) is 14.4 Å². The molecule has 1 atom stereocenters. The van der Waals surface area contributed by atoms with Crippen LogP contribution in [0.2, 0.25) is 0 Å². The fourth-order valence-electron chi connectivity index (χ4n) is 3.05. The Morgan fingerprint density at radius 1 is 1.29 bits per heavy atom. The maximum Gasteiger partial charge on any atom is 0.277 e. The van der Waals surface area contributed by atoms with Gasteiger partial charge in [0.15, 0.2) is 0 Å². The van der Waals surface area contributed by atoms with Crippen molar-refractivity contribution in [2.24, 2.45) is 5.73 Å². The first-order valence-corrected chi connectivity index (χ1v) is 7.99. The summed E-state index contributed by atoms with van der Waals surface area (Å²) in [6, 6.07) is 6.51. The number of nitrogens with two attached hydrogens (primary N) is 1. The number of rotatable bonds is 5. The van der Waals surface area contributed by atoms with E-state index in [4.69, 9.17) is 5.73 Å². The standard InChI is InChI=1S/C16H19N5O3/c17-15(23)13-7-3-9-20(13)14(22)8-4-10-21-16(24)11-5-1-2-6-12(11)18-19-21/h1-2,5-6,13H,3-4,7-10H2,(H2,17,23)/t13-/m1/s1. The van der Waals surface area contributed by atoms with Gasteiger partial charge in [-0.25, -0.2) is 4.68 Å². The van der Waals surface area contributed by atoms with Crippen LogP contribution in [0.5, 0.6) is 0 Å². The summed E-state index contributed by atoms with van der Waals surface area (Å²) >= 11 is 0. The Balaban J connectivity index is 1.62. The van der Waals surface area contributed by atoms with Crippen molar-refractivity contribution in [2.45, 2.75) is 38.3 Å². The lowest BCUT2D eigenvalue weighted by atomic mass is 10.2. The number of hydrogen-bond donors (Lipinski definition) is 1. The second-order valence-corrected chi connectivity index (χ2v) is 5.89. The summed E-state index contributed by atoms with van der Waals surface area (Å²) in [6.45, 7) is 0.861. The van der Waals surface area contributed by atoms with Gasteiger partial charge in [-0.2, -0.15) is 0 Å². The highest BCUT2D eigenvalue weighted by molar-refractivity contribution is 5.87. The Hall–Kier alpha value is -2.77. The number of hydrogen-bond acceptors (Lipinski definition) is 5. The van der Waals surface area contributed by atoms with Gasteiger partial charge < -0.3 is 10.6 Å². The quantitative estimate of drug-likeness (QED) is 0.833. The molecule has 0 unspecified atom stereocenters. The third-order valence-corrected chi connectivity index (χ3v) is 4.29. The second kappa shape index (κ2) is 6.77. The molecule has 1 aliphatic rings. The first kappa shape index (κ1) is 16.1. The number of nitrogens with zero attached hydrogens (tertiary/aromatic N) is 4. The maximum absolute atomic E-state index is 12.3. The average molecular weight is 329 g/mol. The predicted octanol–water partition coefficient (Wildman–Crippen LogP) is 0.0480. The molecule has 2 amide bonds. The topological polar surface area (TPSA) is 111 Å². The molecule has 2 N–H and O–H groups in total. The van der Waals surface area contributed by atoms with E-state index in [-0.39, 0.29) is 17.9 Å². The van der Waals surface area contributed by atoms with Crippen LogP contribution in [0.4, 0.5) is 0 Å². The molecule has 0 radical (unpaired) electrons. The van der Waals surface area contributed by atoms with E-state index in [0.717, 1.165) is 6.42 Å². The monoisotopic (exact) mass is 329 g/mol. The second-order valence-electron chi connectivity index (χ2n) is 5.89. The molecule has 0 aliphatic carbocycles. The summed E-state index contributed by atoms with van der Waals surface area (Å²) in [7, 11) is 0. The first-order chi connectivity index (χ1) is 11.6. The molecule has 1 saturated heterocycles. The zero-order valence-corrected chi connectivity index (χ0v) is 13.2. The van der Waals surface area contributed by atoms with E-state index in [1.807, 2.05) is 0 Å². The highest BCUT2D eigenvalue weighted by Gasteiger charge is 2.32. The lowest BCUT2D eigenvalue weighted by Gasteiger charge is -2.22. The van der Waals surface area contributed by atoms with Gasteiger partial charge in [0.1, 0.15) is 11.6 Å². The van der Waals surface area contributed by atoms with Gasteiger partial charge in [-0.05, 0) is 31.4 Å². The van der Waals surface area contributed by atoms with Crippen LogP contribution < -0.4 is 11.3 Å². The van der Waals surface area contributed by atoms with Crippen LogP contribution in [0.15, 0.2) is 29.1 Å². The number of carbonyl (C=O) groups is 2. The lowest BCUT2D eigenvalue weighted by molar-refractivity contribution is -0.137. The molecule has 3 rings (SSSR count). The average Bonchev–Trinajstić information content (AvgIpc) is 3.07. The molecule has 126 valence electrons. The first-order valence-electron chi connectivity index (χ1n) is 7.99. The van der Waals surface area contributed by atoms with E-state index in [1.54, 1.807) is 24.3 Å². The molecule has 1 aromatic carbocycles. The fourth-order valence-corrected chi connectivity index (χ4v) is 3.05. The minimum atomic E-state index is -0.499. The SMILES string of the molecule is NC(=O)[C@H]1CCCN1C(=O)CCCn1nnc2ccccc2c1=O. The van der Waals surface area contributed by atoms with Gasteiger partial charge in [0, 0.05) is 19.5 Å².